The number of aliphatic hydroxyl groups is 1. The third-order valence-electron chi connectivity index (χ3n) is 16.3. The van der Waals surface area contributed by atoms with Gasteiger partial charge in [0.15, 0.2) is 6.10 Å². The number of aliphatic hydroxyl groups excluding tert-OH is 1. The Morgan fingerprint density at radius 1 is 0.351 bits per heavy atom. The molecule has 0 amide bonds. The predicted molar refractivity (Wildman–Crippen MR) is 382 cm³/mol. The predicted octanol–water partition coefficient (Wildman–Crippen LogP) is 20.6. The molecule has 2 unspecified atom stereocenters. The van der Waals surface area contributed by atoms with Gasteiger partial charge in [0, 0.05) is 38.9 Å². The summed E-state index contributed by atoms with van der Waals surface area (Å²) in [4.78, 5) is 67.9. The fraction of sp³-hybridized carbons (Fsp3) is 0.840. The van der Waals surface area contributed by atoms with E-state index < -0.39 is 72.3 Å². The van der Waals surface area contributed by atoms with Gasteiger partial charge in [-0.1, -0.05) is 236 Å². The van der Waals surface area contributed by atoms with Crippen LogP contribution in [0.4, 0.5) is 0 Å². The molecule has 0 aromatic rings. The zero-order valence-corrected chi connectivity index (χ0v) is 61.3. The SMILES string of the molecule is CCCCC/C=C\C/C=C\CCCCCCCC(=O)OC[C@H](COP(=O)(O)OC[C@@H](O)COP(=O)(O)OC[C@@H](COCCCCCCC/C=C\CCCCCCC=O)OCCCCCCC/C=C\CCCCCCC=O)OC(=O)CCCCCCCCCCCCCCC. The molecule has 94 heavy (non-hydrogen) atoms. The highest BCUT2D eigenvalue weighted by atomic mass is 31.2. The molecule has 0 saturated heterocycles. The molecule has 0 rings (SSSR count). The van der Waals surface area contributed by atoms with Crippen LogP contribution in [0.25, 0.3) is 0 Å². The number of rotatable bonds is 76. The summed E-state index contributed by atoms with van der Waals surface area (Å²) in [5.74, 6) is -1.04. The molecule has 17 nitrogen and oxygen atoms in total. The Hall–Kier alpha value is -2.66. The van der Waals surface area contributed by atoms with Crippen LogP contribution in [0.1, 0.15) is 335 Å². The molecule has 5 atom stereocenters. The van der Waals surface area contributed by atoms with Crippen LogP contribution in [0.5, 0.6) is 0 Å². The molecule has 0 saturated carbocycles. The molecule has 0 aromatic carbocycles. The van der Waals surface area contributed by atoms with Crippen molar-refractivity contribution >= 4 is 40.2 Å². The van der Waals surface area contributed by atoms with Crippen molar-refractivity contribution in [3.8, 4) is 0 Å². The van der Waals surface area contributed by atoms with Gasteiger partial charge in [0.05, 0.1) is 33.0 Å². The zero-order chi connectivity index (χ0) is 68.6. The Morgan fingerprint density at radius 3 is 1.10 bits per heavy atom. The van der Waals surface area contributed by atoms with Crippen LogP contribution < -0.4 is 0 Å². The van der Waals surface area contributed by atoms with E-state index in [1.54, 1.807) is 0 Å². The minimum Gasteiger partial charge on any atom is -0.462 e. The lowest BCUT2D eigenvalue weighted by Crippen LogP contribution is -2.30. The van der Waals surface area contributed by atoms with Gasteiger partial charge in [-0.25, -0.2) is 9.13 Å². The van der Waals surface area contributed by atoms with Gasteiger partial charge >= 0.3 is 27.6 Å². The van der Waals surface area contributed by atoms with Gasteiger partial charge in [-0.15, -0.1) is 0 Å². The fourth-order valence-corrected chi connectivity index (χ4v) is 12.1. The van der Waals surface area contributed by atoms with E-state index in [4.69, 9.17) is 37.0 Å². The normalized spacial score (nSPS) is 14.3. The molecule has 0 spiro atoms. The lowest BCUT2D eigenvalue weighted by Gasteiger charge is -2.21. The molecule has 0 heterocycles. The van der Waals surface area contributed by atoms with Crippen molar-refractivity contribution in [2.24, 2.45) is 0 Å². The van der Waals surface area contributed by atoms with Crippen LogP contribution >= 0.6 is 15.6 Å². The van der Waals surface area contributed by atoms with E-state index in [9.17, 15) is 43.2 Å². The molecule has 0 bridgehead atoms. The van der Waals surface area contributed by atoms with E-state index in [1.165, 1.54) is 77.0 Å². The monoisotopic (exact) mass is 1370 g/mol. The van der Waals surface area contributed by atoms with E-state index in [0.717, 1.165) is 218 Å². The van der Waals surface area contributed by atoms with Gasteiger partial charge in [-0.2, -0.15) is 0 Å². The summed E-state index contributed by atoms with van der Waals surface area (Å²) in [5, 5.41) is 10.6. The maximum absolute atomic E-state index is 13.1. The second kappa shape index (κ2) is 71.6. The van der Waals surface area contributed by atoms with Gasteiger partial charge in [-0.3, -0.25) is 27.7 Å². The number of aldehydes is 2. The lowest BCUT2D eigenvalue weighted by atomic mass is 10.0. The molecule has 0 fully saturated rings. The van der Waals surface area contributed by atoms with Crippen molar-refractivity contribution in [1.82, 2.24) is 0 Å². The van der Waals surface area contributed by atoms with E-state index in [0.29, 0.717) is 38.9 Å². The summed E-state index contributed by atoms with van der Waals surface area (Å²) in [7, 11) is -9.67. The summed E-state index contributed by atoms with van der Waals surface area (Å²) in [6.45, 7) is 2.48. The Bertz CT molecular complexity index is 1910. The topological polar surface area (TPSA) is 237 Å². The van der Waals surface area contributed by atoms with Crippen LogP contribution in [0.2, 0.25) is 0 Å². The number of hydrogen-bond acceptors (Lipinski definition) is 15. The number of phosphoric acid groups is 2. The smallest absolute Gasteiger partial charge is 0.462 e. The number of unbranched alkanes of at least 4 members (excludes halogenated alkanes) is 40. The van der Waals surface area contributed by atoms with E-state index in [2.05, 4.69) is 62.5 Å². The van der Waals surface area contributed by atoms with Crippen molar-refractivity contribution in [1.29, 1.82) is 0 Å². The van der Waals surface area contributed by atoms with E-state index >= 15 is 0 Å². The number of phosphoric ester groups is 2. The Morgan fingerprint density at radius 2 is 0.670 bits per heavy atom. The molecule has 3 N–H and O–H groups in total. The second-order valence-corrected chi connectivity index (χ2v) is 28.4. The van der Waals surface area contributed by atoms with Crippen molar-refractivity contribution in [2.45, 2.75) is 353 Å². The summed E-state index contributed by atoms with van der Waals surface area (Å²) < 4.78 is 69.8. The number of carbonyl (C=O) groups is 4. The molecule has 550 valence electrons. The van der Waals surface area contributed by atoms with Gasteiger partial charge < -0.3 is 43.4 Å². The number of esters is 2. The first-order chi connectivity index (χ1) is 45.9. The third kappa shape index (κ3) is 70.7. The van der Waals surface area contributed by atoms with Crippen molar-refractivity contribution in [3.05, 3.63) is 48.6 Å². The highest BCUT2D eigenvalue weighted by Gasteiger charge is 2.30. The van der Waals surface area contributed by atoms with Crippen LogP contribution in [0, 0.1) is 0 Å². The molecular weight excluding hydrogens is 1230 g/mol. The molecule has 19 heteroatoms. The molecule has 0 aliphatic carbocycles. The Kier molecular flexibility index (Phi) is 69.6. The highest BCUT2D eigenvalue weighted by molar-refractivity contribution is 7.47. The number of carbonyl (C=O) groups excluding carboxylic acids is 4. The fourth-order valence-electron chi connectivity index (χ4n) is 10.5. The lowest BCUT2D eigenvalue weighted by molar-refractivity contribution is -0.161. The Labute approximate surface area is 572 Å². The molecule has 0 aliphatic rings. The first kappa shape index (κ1) is 91.3. The summed E-state index contributed by atoms with van der Waals surface area (Å²) in [6.07, 6.45) is 67.8. The molecule has 0 radical (unpaired) electrons. The van der Waals surface area contributed by atoms with Gasteiger partial charge in [0.2, 0.25) is 0 Å². The maximum atomic E-state index is 13.1. The third-order valence-corrected chi connectivity index (χ3v) is 18.2. The minimum absolute atomic E-state index is 0.119. The average Bonchev–Trinajstić information content (AvgIpc) is 3.77. The standard InChI is InChI=1S/C75H138O17P2/c1-3-5-7-9-11-13-15-17-18-24-29-35-41-47-53-59-74(79)87-68-73(92-75(80)60-54-48-42-36-30-23-16-14-12-10-8-6-4-2)70-91-94(83,84)89-66-71(78)65-88-93(81,82)90-69-72(86-64-58-52-46-40-34-28-22-20-26-32-38-44-50-56-62-77)67-85-63-57-51-45-39-33-27-21-19-25-31-37-43-49-55-61-76/h11,13,17-22,61-62,71-73,78H,3-10,12,14-16,23-60,63-70H2,1-2H3,(H,81,82)(H,83,84)/b13-11-,18-17-,21-19-,22-20-/t71-,72+,73+/m0/s1. The van der Waals surface area contributed by atoms with Crippen LogP contribution in [0.3, 0.4) is 0 Å². The Balaban J connectivity index is 5.18. The first-order valence-electron chi connectivity index (χ1n) is 37.8. The molecular formula is C75H138O17P2. The van der Waals surface area contributed by atoms with Gasteiger partial charge in [0.1, 0.15) is 31.4 Å². The largest absolute Gasteiger partial charge is 0.472 e. The zero-order valence-electron chi connectivity index (χ0n) is 59.5. The number of allylic oxidation sites excluding steroid dienone is 8. The first-order valence-corrected chi connectivity index (χ1v) is 40.8. The summed E-state index contributed by atoms with van der Waals surface area (Å²) in [5.41, 5.74) is 0. The minimum atomic E-state index is -4.91. The van der Waals surface area contributed by atoms with E-state index in [1.807, 2.05) is 0 Å². The molecule has 0 aliphatic heterocycles. The van der Waals surface area contributed by atoms with E-state index in [-0.39, 0.29) is 26.1 Å². The van der Waals surface area contributed by atoms with Gasteiger partial charge in [-0.05, 0) is 122 Å². The number of hydrogen-bond donors (Lipinski definition) is 3. The van der Waals surface area contributed by atoms with Gasteiger partial charge in [0.25, 0.3) is 0 Å². The van der Waals surface area contributed by atoms with Crippen LogP contribution in [-0.2, 0) is 65.4 Å². The number of ether oxygens (including phenoxy) is 4. The van der Waals surface area contributed by atoms with Crippen molar-refractivity contribution < 1.29 is 80.2 Å². The van der Waals surface area contributed by atoms with Crippen molar-refractivity contribution in [2.75, 3.05) is 52.9 Å². The maximum Gasteiger partial charge on any atom is 0.472 e. The second-order valence-electron chi connectivity index (χ2n) is 25.5. The molecule has 0 aromatic heterocycles. The highest BCUT2D eigenvalue weighted by Crippen LogP contribution is 2.45. The van der Waals surface area contributed by atoms with Crippen molar-refractivity contribution in [3.63, 3.8) is 0 Å². The van der Waals surface area contributed by atoms with Crippen LogP contribution in [0.15, 0.2) is 48.6 Å². The summed E-state index contributed by atoms with van der Waals surface area (Å²) in [6, 6.07) is 0. The summed E-state index contributed by atoms with van der Waals surface area (Å²) >= 11 is 0. The van der Waals surface area contributed by atoms with Crippen LogP contribution in [-0.4, -0.2) is 111 Å². The average molecular weight is 1370 g/mol. The quantitative estimate of drug-likeness (QED) is 0.0169.